The highest BCUT2D eigenvalue weighted by Crippen LogP contribution is 2.31. The van der Waals surface area contributed by atoms with Crippen LogP contribution in [-0.2, 0) is 27.8 Å². The summed E-state index contributed by atoms with van der Waals surface area (Å²) >= 11 is 6.19. The van der Waals surface area contributed by atoms with Gasteiger partial charge in [-0.3, -0.25) is 4.79 Å². The van der Waals surface area contributed by atoms with Crippen LogP contribution in [0.2, 0.25) is 5.02 Å². The van der Waals surface area contributed by atoms with Crippen LogP contribution < -0.4 is 10.1 Å². The molecule has 0 fully saturated rings. The minimum absolute atomic E-state index is 0.105. The van der Waals surface area contributed by atoms with Gasteiger partial charge in [-0.05, 0) is 66.4 Å². The number of hydrogen-bond acceptors (Lipinski definition) is 4. The lowest BCUT2D eigenvalue weighted by Gasteiger charge is -2.35. The maximum Gasteiger partial charge on any atom is 0.244 e. The topological polar surface area (TPSA) is 75.7 Å². The van der Waals surface area contributed by atoms with Gasteiger partial charge in [-0.15, -0.1) is 0 Å². The van der Waals surface area contributed by atoms with Crippen LogP contribution >= 0.6 is 11.6 Å². The third-order valence-electron chi connectivity index (χ3n) is 5.61. The molecule has 0 spiro atoms. The SMILES string of the molecule is COc1ccc(S(=O)(=O)N2Cc3ccccc3C[C@@H]2C(=O)Nc2ccc(C)c(Cl)c2)cc1. The number of nitrogens with one attached hydrogen (secondary N) is 1. The van der Waals surface area contributed by atoms with Crippen LogP contribution in [0.15, 0.2) is 71.6 Å². The Labute approximate surface area is 192 Å². The lowest BCUT2D eigenvalue weighted by atomic mass is 9.95. The highest BCUT2D eigenvalue weighted by atomic mass is 35.5. The summed E-state index contributed by atoms with van der Waals surface area (Å²) < 4.78 is 33.5. The molecule has 1 amide bonds. The van der Waals surface area contributed by atoms with Gasteiger partial charge >= 0.3 is 0 Å². The van der Waals surface area contributed by atoms with E-state index in [1.807, 2.05) is 31.2 Å². The standard InChI is InChI=1S/C24H23ClN2O4S/c1-16-7-8-19(14-22(16)25)26-24(28)23-13-17-5-3-4-6-18(17)15-27(23)32(29,30)21-11-9-20(31-2)10-12-21/h3-12,14,23H,13,15H2,1-2H3,(H,26,28)/t23-/m1/s1. The molecule has 1 heterocycles. The molecule has 0 saturated heterocycles. The summed E-state index contributed by atoms with van der Waals surface area (Å²) in [5.41, 5.74) is 3.24. The van der Waals surface area contributed by atoms with Crippen LogP contribution in [0.1, 0.15) is 16.7 Å². The fraction of sp³-hybridized carbons (Fsp3) is 0.208. The molecule has 3 aromatic carbocycles. The summed E-state index contributed by atoms with van der Waals surface area (Å²) in [6.45, 7) is 1.98. The maximum absolute atomic E-state index is 13.5. The quantitative estimate of drug-likeness (QED) is 0.599. The Hall–Kier alpha value is -2.87. The van der Waals surface area contributed by atoms with E-state index in [4.69, 9.17) is 16.3 Å². The van der Waals surface area contributed by atoms with E-state index >= 15 is 0 Å². The minimum Gasteiger partial charge on any atom is -0.497 e. The molecule has 166 valence electrons. The van der Waals surface area contributed by atoms with E-state index in [2.05, 4.69) is 5.32 Å². The zero-order valence-electron chi connectivity index (χ0n) is 17.7. The van der Waals surface area contributed by atoms with Gasteiger partial charge in [0.15, 0.2) is 0 Å². The molecule has 32 heavy (non-hydrogen) atoms. The van der Waals surface area contributed by atoms with E-state index in [-0.39, 0.29) is 17.9 Å². The van der Waals surface area contributed by atoms with E-state index in [1.165, 1.54) is 23.5 Å². The van der Waals surface area contributed by atoms with Gasteiger partial charge in [0.25, 0.3) is 0 Å². The first-order valence-corrected chi connectivity index (χ1v) is 11.9. The summed E-state index contributed by atoms with van der Waals surface area (Å²) in [5, 5.41) is 3.36. The zero-order chi connectivity index (χ0) is 22.9. The molecule has 0 aliphatic carbocycles. The molecular weight excluding hydrogens is 448 g/mol. The van der Waals surface area contributed by atoms with E-state index in [1.54, 1.807) is 30.3 Å². The van der Waals surface area contributed by atoms with Crippen LogP contribution in [0.4, 0.5) is 5.69 Å². The number of carbonyl (C=O) groups is 1. The molecule has 0 radical (unpaired) electrons. The summed E-state index contributed by atoms with van der Waals surface area (Å²) in [6, 6.07) is 18.0. The molecule has 1 aliphatic rings. The van der Waals surface area contributed by atoms with Gasteiger partial charge in [0.05, 0.1) is 12.0 Å². The molecule has 0 bridgehead atoms. The van der Waals surface area contributed by atoms with Crippen molar-refractivity contribution in [2.75, 3.05) is 12.4 Å². The van der Waals surface area contributed by atoms with Gasteiger partial charge in [-0.2, -0.15) is 4.31 Å². The molecular formula is C24H23ClN2O4S. The summed E-state index contributed by atoms with van der Waals surface area (Å²) in [6.07, 6.45) is 0.275. The number of nitrogens with zero attached hydrogens (tertiary/aromatic N) is 1. The Kier molecular flexibility index (Phi) is 6.24. The smallest absolute Gasteiger partial charge is 0.244 e. The number of aryl methyl sites for hydroxylation is 1. The average Bonchev–Trinajstić information content (AvgIpc) is 2.80. The van der Waals surface area contributed by atoms with Gasteiger partial charge in [0.2, 0.25) is 15.9 Å². The Bertz CT molecular complexity index is 1260. The number of fused-ring (bicyclic) bond motifs is 1. The minimum atomic E-state index is -3.94. The Morgan fingerprint density at radius 3 is 2.41 bits per heavy atom. The normalized spacial score (nSPS) is 16.3. The highest BCUT2D eigenvalue weighted by Gasteiger charge is 2.39. The predicted octanol–water partition coefficient (Wildman–Crippen LogP) is 4.41. The van der Waals surface area contributed by atoms with E-state index in [9.17, 15) is 13.2 Å². The van der Waals surface area contributed by atoms with Crippen molar-refractivity contribution >= 4 is 33.2 Å². The van der Waals surface area contributed by atoms with Crippen molar-refractivity contribution in [1.29, 1.82) is 0 Å². The number of amides is 1. The van der Waals surface area contributed by atoms with Crippen molar-refractivity contribution in [3.63, 3.8) is 0 Å². The first kappa shape index (κ1) is 22.3. The van der Waals surface area contributed by atoms with Crippen molar-refractivity contribution in [1.82, 2.24) is 4.31 Å². The lowest BCUT2D eigenvalue weighted by molar-refractivity contribution is -0.120. The lowest BCUT2D eigenvalue weighted by Crippen LogP contribution is -2.50. The largest absolute Gasteiger partial charge is 0.497 e. The highest BCUT2D eigenvalue weighted by molar-refractivity contribution is 7.89. The number of methoxy groups -OCH3 is 1. The number of benzene rings is 3. The van der Waals surface area contributed by atoms with Crippen molar-refractivity contribution in [3.8, 4) is 5.75 Å². The van der Waals surface area contributed by atoms with Crippen molar-refractivity contribution in [2.45, 2.75) is 30.8 Å². The third-order valence-corrected chi connectivity index (χ3v) is 7.89. The molecule has 1 aliphatic heterocycles. The van der Waals surface area contributed by atoms with Crippen molar-refractivity contribution in [3.05, 3.63) is 88.4 Å². The second kappa shape index (κ2) is 8.94. The van der Waals surface area contributed by atoms with Crippen LogP contribution in [0, 0.1) is 6.92 Å². The van der Waals surface area contributed by atoms with Gasteiger partial charge in [-0.1, -0.05) is 41.9 Å². The fourth-order valence-corrected chi connectivity index (χ4v) is 5.50. The molecule has 4 rings (SSSR count). The number of carbonyl (C=O) groups excluding carboxylic acids is 1. The van der Waals surface area contributed by atoms with Gasteiger partial charge in [-0.25, -0.2) is 8.42 Å². The number of ether oxygens (including phenoxy) is 1. The molecule has 1 N–H and O–H groups in total. The zero-order valence-corrected chi connectivity index (χ0v) is 19.3. The number of hydrogen-bond donors (Lipinski definition) is 1. The molecule has 6 nitrogen and oxygen atoms in total. The monoisotopic (exact) mass is 470 g/mol. The first-order valence-electron chi connectivity index (χ1n) is 10.1. The van der Waals surface area contributed by atoms with Crippen LogP contribution in [-0.4, -0.2) is 31.8 Å². The number of anilines is 1. The molecule has 0 unspecified atom stereocenters. The molecule has 0 aromatic heterocycles. The summed E-state index contributed by atoms with van der Waals surface area (Å²) in [4.78, 5) is 13.4. The van der Waals surface area contributed by atoms with Crippen LogP contribution in [0.25, 0.3) is 0 Å². The van der Waals surface area contributed by atoms with Crippen molar-refractivity contribution < 1.29 is 17.9 Å². The Morgan fingerprint density at radius 2 is 1.75 bits per heavy atom. The molecule has 3 aromatic rings. The average molecular weight is 471 g/mol. The van der Waals surface area contributed by atoms with E-state index in [0.29, 0.717) is 16.5 Å². The summed E-state index contributed by atoms with van der Waals surface area (Å²) in [5.74, 6) is 0.148. The second-order valence-electron chi connectivity index (χ2n) is 7.67. The second-order valence-corrected chi connectivity index (χ2v) is 9.97. The predicted molar refractivity (Wildman–Crippen MR) is 124 cm³/mol. The van der Waals surface area contributed by atoms with Gasteiger partial charge < -0.3 is 10.1 Å². The number of rotatable bonds is 5. The Balaban J connectivity index is 1.70. The Morgan fingerprint density at radius 1 is 1.06 bits per heavy atom. The van der Waals surface area contributed by atoms with Crippen molar-refractivity contribution in [2.24, 2.45) is 0 Å². The number of halogens is 1. The van der Waals surface area contributed by atoms with E-state index < -0.39 is 22.0 Å². The van der Waals surface area contributed by atoms with E-state index in [0.717, 1.165) is 16.7 Å². The van der Waals surface area contributed by atoms with Gasteiger partial charge in [0, 0.05) is 17.3 Å². The van der Waals surface area contributed by atoms with Crippen LogP contribution in [0.3, 0.4) is 0 Å². The fourth-order valence-electron chi connectivity index (χ4n) is 3.75. The third kappa shape index (κ3) is 4.37. The van der Waals surface area contributed by atoms with Gasteiger partial charge in [0.1, 0.15) is 11.8 Å². The first-order chi connectivity index (χ1) is 15.3. The van der Waals surface area contributed by atoms with Crippen LogP contribution in [0.5, 0.6) is 5.75 Å². The molecule has 8 heteroatoms. The molecule has 1 atom stereocenters. The maximum atomic E-state index is 13.5. The molecule has 0 saturated carbocycles. The summed E-state index contributed by atoms with van der Waals surface area (Å²) in [7, 11) is -2.42. The number of sulfonamides is 1.